The molecule has 1 fully saturated rings. The fraction of sp³-hybridized carbons (Fsp3) is 0.786. The Bertz CT molecular complexity index is 254. The SMILES string of the molecule is CCC(CC)=C(C)C(=O)OC1CCCCC1. The molecule has 0 aromatic heterocycles. The summed E-state index contributed by atoms with van der Waals surface area (Å²) in [5, 5.41) is 0. The molecule has 0 unspecified atom stereocenters. The molecule has 1 rings (SSSR count). The molecule has 0 amide bonds. The van der Waals surface area contributed by atoms with Crippen molar-refractivity contribution in [1.29, 1.82) is 0 Å². The van der Waals surface area contributed by atoms with Crippen molar-refractivity contribution in [3.63, 3.8) is 0 Å². The lowest BCUT2D eigenvalue weighted by atomic mass is 9.97. The van der Waals surface area contributed by atoms with Crippen LogP contribution < -0.4 is 0 Å². The molecule has 0 saturated heterocycles. The van der Waals surface area contributed by atoms with Crippen LogP contribution in [0.2, 0.25) is 0 Å². The van der Waals surface area contributed by atoms with Crippen LogP contribution in [0.5, 0.6) is 0 Å². The van der Waals surface area contributed by atoms with Gasteiger partial charge in [-0.1, -0.05) is 25.8 Å². The number of rotatable bonds is 4. The minimum absolute atomic E-state index is 0.0920. The van der Waals surface area contributed by atoms with E-state index >= 15 is 0 Å². The van der Waals surface area contributed by atoms with E-state index in [-0.39, 0.29) is 12.1 Å². The molecule has 0 spiro atoms. The van der Waals surface area contributed by atoms with Crippen LogP contribution >= 0.6 is 0 Å². The molecule has 2 nitrogen and oxygen atoms in total. The second-order valence-corrected chi connectivity index (χ2v) is 4.60. The van der Waals surface area contributed by atoms with E-state index in [1.807, 2.05) is 6.92 Å². The van der Waals surface area contributed by atoms with Gasteiger partial charge in [-0.3, -0.25) is 0 Å². The Morgan fingerprint density at radius 2 is 1.69 bits per heavy atom. The molecule has 0 N–H and O–H groups in total. The number of carbonyl (C=O) groups is 1. The topological polar surface area (TPSA) is 26.3 Å². The van der Waals surface area contributed by atoms with Crippen LogP contribution in [0.4, 0.5) is 0 Å². The van der Waals surface area contributed by atoms with E-state index < -0.39 is 0 Å². The van der Waals surface area contributed by atoms with Gasteiger partial charge in [0.2, 0.25) is 0 Å². The summed E-state index contributed by atoms with van der Waals surface area (Å²) in [7, 11) is 0. The van der Waals surface area contributed by atoms with Gasteiger partial charge in [-0.25, -0.2) is 4.79 Å². The summed E-state index contributed by atoms with van der Waals surface area (Å²) in [6.45, 7) is 6.08. The smallest absolute Gasteiger partial charge is 0.333 e. The summed E-state index contributed by atoms with van der Waals surface area (Å²) in [4.78, 5) is 11.9. The van der Waals surface area contributed by atoms with Crippen LogP contribution in [0.1, 0.15) is 65.7 Å². The van der Waals surface area contributed by atoms with E-state index in [0.29, 0.717) is 0 Å². The first-order chi connectivity index (χ1) is 7.69. The van der Waals surface area contributed by atoms with Crippen molar-refractivity contribution in [3.8, 4) is 0 Å². The summed E-state index contributed by atoms with van der Waals surface area (Å²) >= 11 is 0. The first kappa shape index (κ1) is 13.3. The minimum Gasteiger partial charge on any atom is -0.459 e. The van der Waals surface area contributed by atoms with Gasteiger partial charge in [0.25, 0.3) is 0 Å². The van der Waals surface area contributed by atoms with Crippen LogP contribution in [-0.2, 0) is 9.53 Å². The highest BCUT2D eigenvalue weighted by molar-refractivity contribution is 5.88. The van der Waals surface area contributed by atoms with Gasteiger partial charge in [-0.15, -0.1) is 0 Å². The van der Waals surface area contributed by atoms with Crippen molar-refractivity contribution in [2.45, 2.75) is 71.8 Å². The lowest BCUT2D eigenvalue weighted by molar-refractivity contribution is -0.145. The average molecular weight is 224 g/mol. The fourth-order valence-corrected chi connectivity index (χ4v) is 2.35. The molecule has 0 aromatic carbocycles. The van der Waals surface area contributed by atoms with Crippen molar-refractivity contribution in [2.75, 3.05) is 0 Å². The first-order valence-electron chi connectivity index (χ1n) is 6.58. The standard InChI is InChI=1S/C14H24O2/c1-4-12(5-2)11(3)14(15)16-13-9-7-6-8-10-13/h13H,4-10H2,1-3H3. The molecule has 0 atom stereocenters. The molecule has 1 aliphatic rings. The number of carbonyl (C=O) groups excluding carboxylic acids is 1. The summed E-state index contributed by atoms with van der Waals surface area (Å²) in [5.41, 5.74) is 2.05. The zero-order valence-electron chi connectivity index (χ0n) is 10.8. The predicted molar refractivity (Wildman–Crippen MR) is 66.2 cm³/mol. The Balaban J connectivity index is 2.53. The van der Waals surface area contributed by atoms with Crippen molar-refractivity contribution < 1.29 is 9.53 Å². The maximum atomic E-state index is 11.9. The Labute approximate surface area is 99.1 Å². The van der Waals surface area contributed by atoms with Crippen molar-refractivity contribution in [1.82, 2.24) is 0 Å². The molecule has 1 aliphatic carbocycles. The minimum atomic E-state index is -0.0920. The maximum absolute atomic E-state index is 11.9. The van der Waals surface area contributed by atoms with Gasteiger partial charge >= 0.3 is 5.97 Å². The predicted octanol–water partition coefficient (Wildman–Crippen LogP) is 4.00. The molecule has 2 heteroatoms. The van der Waals surface area contributed by atoms with E-state index in [1.165, 1.54) is 24.8 Å². The quantitative estimate of drug-likeness (QED) is 0.533. The summed E-state index contributed by atoms with van der Waals surface area (Å²) in [6.07, 6.45) is 7.86. The lowest BCUT2D eigenvalue weighted by Crippen LogP contribution is -2.21. The van der Waals surface area contributed by atoms with Gasteiger partial charge in [0.15, 0.2) is 0 Å². The molecule has 0 heterocycles. The highest BCUT2D eigenvalue weighted by Gasteiger charge is 2.19. The molecule has 0 aliphatic heterocycles. The normalized spacial score (nSPS) is 16.9. The molecule has 0 radical (unpaired) electrons. The third-order valence-electron chi connectivity index (χ3n) is 3.52. The van der Waals surface area contributed by atoms with Crippen molar-refractivity contribution in [2.24, 2.45) is 0 Å². The Hall–Kier alpha value is -0.790. The molecular formula is C14H24O2. The van der Waals surface area contributed by atoms with Crippen molar-refractivity contribution >= 4 is 5.97 Å². The Morgan fingerprint density at radius 3 is 2.19 bits per heavy atom. The number of hydrogen-bond acceptors (Lipinski definition) is 2. The van der Waals surface area contributed by atoms with Crippen LogP contribution in [-0.4, -0.2) is 12.1 Å². The molecule has 0 bridgehead atoms. The molecular weight excluding hydrogens is 200 g/mol. The molecule has 0 aromatic rings. The van der Waals surface area contributed by atoms with Crippen LogP contribution in [0.15, 0.2) is 11.1 Å². The van der Waals surface area contributed by atoms with Gasteiger partial charge < -0.3 is 4.74 Å². The second kappa shape index (κ2) is 6.72. The van der Waals surface area contributed by atoms with Crippen LogP contribution in [0.3, 0.4) is 0 Å². The zero-order chi connectivity index (χ0) is 12.0. The van der Waals surface area contributed by atoms with Gasteiger partial charge in [0.05, 0.1) is 0 Å². The van der Waals surface area contributed by atoms with Crippen LogP contribution in [0.25, 0.3) is 0 Å². The molecule has 16 heavy (non-hydrogen) atoms. The largest absolute Gasteiger partial charge is 0.459 e. The Kier molecular flexibility index (Phi) is 5.58. The maximum Gasteiger partial charge on any atom is 0.333 e. The summed E-state index contributed by atoms with van der Waals surface area (Å²) in [5.74, 6) is -0.0920. The highest BCUT2D eigenvalue weighted by atomic mass is 16.5. The number of allylic oxidation sites excluding steroid dienone is 1. The van der Waals surface area contributed by atoms with Gasteiger partial charge in [0, 0.05) is 5.57 Å². The van der Waals surface area contributed by atoms with E-state index in [2.05, 4.69) is 13.8 Å². The van der Waals surface area contributed by atoms with E-state index in [4.69, 9.17) is 4.74 Å². The Morgan fingerprint density at radius 1 is 1.12 bits per heavy atom. The highest BCUT2D eigenvalue weighted by Crippen LogP contribution is 2.22. The van der Waals surface area contributed by atoms with Gasteiger partial charge in [-0.05, 0) is 45.4 Å². The third-order valence-corrected chi connectivity index (χ3v) is 3.52. The monoisotopic (exact) mass is 224 g/mol. The lowest BCUT2D eigenvalue weighted by Gasteiger charge is -2.22. The third kappa shape index (κ3) is 3.66. The van der Waals surface area contributed by atoms with E-state index in [0.717, 1.165) is 31.3 Å². The molecule has 92 valence electrons. The van der Waals surface area contributed by atoms with Crippen LogP contribution in [0, 0.1) is 0 Å². The van der Waals surface area contributed by atoms with E-state index in [9.17, 15) is 4.79 Å². The van der Waals surface area contributed by atoms with Crippen molar-refractivity contribution in [3.05, 3.63) is 11.1 Å². The van der Waals surface area contributed by atoms with E-state index in [1.54, 1.807) is 0 Å². The summed E-state index contributed by atoms with van der Waals surface area (Å²) in [6, 6.07) is 0. The fourth-order valence-electron chi connectivity index (χ4n) is 2.35. The van der Waals surface area contributed by atoms with Gasteiger partial charge in [-0.2, -0.15) is 0 Å². The summed E-state index contributed by atoms with van der Waals surface area (Å²) < 4.78 is 5.54. The zero-order valence-corrected chi connectivity index (χ0v) is 10.8. The number of hydrogen-bond donors (Lipinski definition) is 0. The molecule has 1 saturated carbocycles. The first-order valence-corrected chi connectivity index (χ1v) is 6.58. The second-order valence-electron chi connectivity index (χ2n) is 4.60. The number of ether oxygens (including phenoxy) is 1. The number of esters is 1. The average Bonchev–Trinajstić information content (AvgIpc) is 2.31. The van der Waals surface area contributed by atoms with Gasteiger partial charge in [0.1, 0.15) is 6.10 Å².